The standard InChI is InChI=1S/C17H32O2/c1-15-13-11-9-7-5-3-4-6-8-10-12-14-17(18)19-16(15)2/h15-16H,3-14H2,1-2H3/t15-,16+/m1/s1. The number of ether oxygens (including phenoxy) is 1. The Bertz CT molecular complexity index is 237. The summed E-state index contributed by atoms with van der Waals surface area (Å²) in [6.07, 6.45) is 14.8. The molecule has 0 N–H and O–H groups in total. The van der Waals surface area contributed by atoms with Crippen molar-refractivity contribution >= 4 is 5.97 Å². The molecule has 0 amide bonds. The minimum Gasteiger partial charge on any atom is -0.462 e. The number of carbonyl (C=O) groups excluding carboxylic acids is 1. The summed E-state index contributed by atoms with van der Waals surface area (Å²) < 4.78 is 5.52. The van der Waals surface area contributed by atoms with Gasteiger partial charge in [-0.15, -0.1) is 0 Å². The fraction of sp³-hybridized carbons (Fsp3) is 0.941. The second-order valence-corrected chi connectivity index (χ2v) is 6.25. The lowest BCUT2D eigenvalue weighted by Gasteiger charge is -2.20. The molecule has 0 aromatic carbocycles. The van der Waals surface area contributed by atoms with Gasteiger partial charge in [-0.25, -0.2) is 0 Å². The van der Waals surface area contributed by atoms with Crippen LogP contribution < -0.4 is 0 Å². The van der Waals surface area contributed by atoms with Gasteiger partial charge in [0, 0.05) is 6.42 Å². The van der Waals surface area contributed by atoms with Crippen molar-refractivity contribution < 1.29 is 9.53 Å². The Morgan fingerprint density at radius 2 is 1.26 bits per heavy atom. The number of carbonyl (C=O) groups is 1. The molecule has 0 bridgehead atoms. The lowest BCUT2D eigenvalue weighted by molar-refractivity contribution is -0.150. The molecule has 1 aliphatic rings. The van der Waals surface area contributed by atoms with E-state index in [0.29, 0.717) is 12.3 Å². The number of hydrogen-bond donors (Lipinski definition) is 0. The van der Waals surface area contributed by atoms with E-state index in [1.807, 2.05) is 6.92 Å². The summed E-state index contributed by atoms with van der Waals surface area (Å²) in [6.45, 7) is 4.26. The van der Waals surface area contributed by atoms with Gasteiger partial charge in [0.05, 0.1) is 0 Å². The molecule has 2 nitrogen and oxygen atoms in total. The van der Waals surface area contributed by atoms with Crippen LogP contribution in [0.2, 0.25) is 0 Å². The van der Waals surface area contributed by atoms with Crippen LogP contribution in [-0.4, -0.2) is 12.1 Å². The number of rotatable bonds is 0. The van der Waals surface area contributed by atoms with Crippen molar-refractivity contribution in [1.29, 1.82) is 0 Å². The van der Waals surface area contributed by atoms with Gasteiger partial charge >= 0.3 is 5.97 Å². The van der Waals surface area contributed by atoms with Crippen molar-refractivity contribution in [2.24, 2.45) is 5.92 Å². The highest BCUT2D eigenvalue weighted by molar-refractivity contribution is 5.69. The molecule has 0 aromatic heterocycles. The summed E-state index contributed by atoms with van der Waals surface area (Å²) in [5.74, 6) is 0.503. The first-order valence-corrected chi connectivity index (χ1v) is 8.39. The molecule has 0 aromatic rings. The van der Waals surface area contributed by atoms with Gasteiger partial charge in [0.1, 0.15) is 6.10 Å². The van der Waals surface area contributed by atoms with E-state index < -0.39 is 0 Å². The van der Waals surface area contributed by atoms with E-state index in [-0.39, 0.29) is 12.1 Å². The average molecular weight is 268 g/mol. The molecule has 1 heterocycles. The molecule has 0 aliphatic carbocycles. The first-order valence-electron chi connectivity index (χ1n) is 8.39. The molecular formula is C17H32O2. The van der Waals surface area contributed by atoms with Crippen molar-refractivity contribution in [2.45, 2.75) is 97.0 Å². The quantitative estimate of drug-likeness (QED) is 0.561. The monoisotopic (exact) mass is 268 g/mol. The molecule has 0 radical (unpaired) electrons. The Hall–Kier alpha value is -0.530. The van der Waals surface area contributed by atoms with Crippen LogP contribution in [0.3, 0.4) is 0 Å². The topological polar surface area (TPSA) is 26.3 Å². The van der Waals surface area contributed by atoms with E-state index >= 15 is 0 Å². The maximum Gasteiger partial charge on any atom is 0.306 e. The van der Waals surface area contributed by atoms with Crippen LogP contribution in [0.5, 0.6) is 0 Å². The predicted octanol–water partition coefficient (Wildman–Crippen LogP) is 5.25. The normalized spacial score (nSPS) is 29.7. The Morgan fingerprint density at radius 3 is 1.84 bits per heavy atom. The molecule has 2 heteroatoms. The molecule has 0 spiro atoms. The van der Waals surface area contributed by atoms with E-state index in [2.05, 4.69) is 6.92 Å². The minimum absolute atomic E-state index is 0.00597. The van der Waals surface area contributed by atoms with E-state index in [4.69, 9.17) is 4.74 Å². The SMILES string of the molecule is C[C@@H]1CCCCCCCCCCCCC(=O)O[C@H]1C. The van der Waals surface area contributed by atoms with Crippen molar-refractivity contribution in [3.8, 4) is 0 Å². The largest absolute Gasteiger partial charge is 0.462 e. The number of hydrogen-bond acceptors (Lipinski definition) is 2. The van der Waals surface area contributed by atoms with Crippen molar-refractivity contribution in [3.05, 3.63) is 0 Å². The zero-order valence-electron chi connectivity index (χ0n) is 13.0. The van der Waals surface area contributed by atoms with Crippen LogP contribution in [0.1, 0.15) is 90.9 Å². The smallest absolute Gasteiger partial charge is 0.306 e. The molecule has 2 atom stereocenters. The van der Waals surface area contributed by atoms with E-state index in [9.17, 15) is 4.79 Å². The summed E-state index contributed by atoms with van der Waals surface area (Å²) in [4.78, 5) is 11.7. The average Bonchev–Trinajstić information content (AvgIpc) is 2.38. The van der Waals surface area contributed by atoms with E-state index in [1.54, 1.807) is 0 Å². The maximum absolute atomic E-state index is 11.7. The van der Waals surface area contributed by atoms with Gasteiger partial charge in [-0.1, -0.05) is 64.7 Å². The molecular weight excluding hydrogens is 236 g/mol. The third-order valence-corrected chi connectivity index (χ3v) is 4.41. The van der Waals surface area contributed by atoms with Crippen molar-refractivity contribution in [3.63, 3.8) is 0 Å². The van der Waals surface area contributed by atoms with Crippen LogP contribution >= 0.6 is 0 Å². The Labute approximate surface area is 119 Å². The third kappa shape index (κ3) is 8.28. The van der Waals surface area contributed by atoms with Crippen LogP contribution in [0.4, 0.5) is 0 Å². The molecule has 1 aliphatic heterocycles. The van der Waals surface area contributed by atoms with E-state index in [0.717, 1.165) is 6.42 Å². The van der Waals surface area contributed by atoms with Crippen LogP contribution in [-0.2, 0) is 9.53 Å². The van der Waals surface area contributed by atoms with Gasteiger partial charge in [-0.2, -0.15) is 0 Å². The highest BCUT2D eigenvalue weighted by atomic mass is 16.5. The second kappa shape index (κ2) is 10.3. The van der Waals surface area contributed by atoms with Crippen LogP contribution in [0.25, 0.3) is 0 Å². The van der Waals surface area contributed by atoms with Gasteiger partial charge in [-0.05, 0) is 25.7 Å². The van der Waals surface area contributed by atoms with E-state index in [1.165, 1.54) is 64.2 Å². The zero-order chi connectivity index (χ0) is 13.9. The fourth-order valence-electron chi connectivity index (χ4n) is 2.77. The summed E-state index contributed by atoms with van der Waals surface area (Å²) >= 11 is 0. The van der Waals surface area contributed by atoms with Crippen molar-refractivity contribution in [1.82, 2.24) is 0 Å². The van der Waals surface area contributed by atoms with Crippen molar-refractivity contribution in [2.75, 3.05) is 0 Å². The second-order valence-electron chi connectivity index (χ2n) is 6.25. The van der Waals surface area contributed by atoms with Gasteiger partial charge < -0.3 is 4.74 Å². The molecule has 1 fully saturated rings. The summed E-state index contributed by atoms with van der Waals surface area (Å²) in [6, 6.07) is 0. The van der Waals surface area contributed by atoms with Gasteiger partial charge in [-0.3, -0.25) is 4.79 Å². The minimum atomic E-state index is 0.00597. The molecule has 0 saturated carbocycles. The lowest BCUT2D eigenvalue weighted by atomic mass is 9.97. The number of cyclic esters (lactones) is 1. The van der Waals surface area contributed by atoms with Gasteiger partial charge in [0.2, 0.25) is 0 Å². The Balaban J connectivity index is 2.32. The number of esters is 1. The molecule has 112 valence electrons. The summed E-state index contributed by atoms with van der Waals surface area (Å²) in [7, 11) is 0. The van der Waals surface area contributed by atoms with Crippen LogP contribution in [0.15, 0.2) is 0 Å². The lowest BCUT2D eigenvalue weighted by Crippen LogP contribution is -2.22. The summed E-state index contributed by atoms with van der Waals surface area (Å²) in [5, 5.41) is 0. The Morgan fingerprint density at radius 1 is 0.789 bits per heavy atom. The Kier molecular flexibility index (Phi) is 8.94. The van der Waals surface area contributed by atoms with Gasteiger partial charge in [0.25, 0.3) is 0 Å². The third-order valence-electron chi connectivity index (χ3n) is 4.41. The first-order chi connectivity index (χ1) is 9.20. The van der Waals surface area contributed by atoms with Crippen LogP contribution in [0, 0.1) is 5.92 Å². The summed E-state index contributed by atoms with van der Waals surface area (Å²) in [5.41, 5.74) is 0. The predicted molar refractivity (Wildman–Crippen MR) is 80.1 cm³/mol. The zero-order valence-corrected chi connectivity index (χ0v) is 13.0. The fourth-order valence-corrected chi connectivity index (χ4v) is 2.77. The maximum atomic E-state index is 11.7. The highest BCUT2D eigenvalue weighted by Crippen LogP contribution is 2.19. The molecule has 0 unspecified atom stereocenters. The first kappa shape index (κ1) is 16.5. The molecule has 1 rings (SSSR count). The highest BCUT2D eigenvalue weighted by Gasteiger charge is 2.16. The van der Waals surface area contributed by atoms with Gasteiger partial charge in [0.15, 0.2) is 0 Å². The molecule has 19 heavy (non-hydrogen) atoms. The molecule has 1 saturated heterocycles.